The summed E-state index contributed by atoms with van der Waals surface area (Å²) in [6.45, 7) is 2.82. The van der Waals surface area contributed by atoms with Crippen LogP contribution in [-0.4, -0.2) is 23.0 Å². The third kappa shape index (κ3) is 2.50. The Balaban J connectivity index is 1.88. The summed E-state index contributed by atoms with van der Waals surface area (Å²) >= 11 is 0. The highest BCUT2D eigenvalue weighted by atomic mass is 16.5. The third-order valence-electron chi connectivity index (χ3n) is 2.99. The molecule has 15 heavy (non-hydrogen) atoms. The van der Waals surface area contributed by atoms with E-state index in [1.807, 2.05) is 6.92 Å². The van der Waals surface area contributed by atoms with E-state index in [2.05, 4.69) is 5.16 Å². The minimum absolute atomic E-state index is 0.0167. The summed E-state index contributed by atoms with van der Waals surface area (Å²) < 4.78 is 10.6. The zero-order valence-electron chi connectivity index (χ0n) is 8.98. The molecule has 2 rings (SSSR count). The second kappa shape index (κ2) is 4.66. The van der Waals surface area contributed by atoms with Crippen molar-refractivity contribution in [2.24, 2.45) is 0 Å². The normalized spacial score (nSPS) is 26.7. The molecular weight excluding hydrogens is 194 g/mol. The summed E-state index contributed by atoms with van der Waals surface area (Å²) in [5.41, 5.74) is 0. The zero-order valence-corrected chi connectivity index (χ0v) is 8.98. The second-order valence-corrected chi connectivity index (χ2v) is 4.02. The van der Waals surface area contributed by atoms with E-state index in [0.717, 1.165) is 38.1 Å². The molecular formula is C11H17NO3. The number of rotatable bonds is 3. The van der Waals surface area contributed by atoms with Gasteiger partial charge >= 0.3 is 0 Å². The van der Waals surface area contributed by atoms with Gasteiger partial charge in [-0.1, -0.05) is 0 Å². The van der Waals surface area contributed by atoms with Gasteiger partial charge in [0.25, 0.3) is 5.88 Å². The van der Waals surface area contributed by atoms with Gasteiger partial charge in [0.1, 0.15) is 5.76 Å². The summed E-state index contributed by atoms with van der Waals surface area (Å²) in [6, 6.07) is 1.62. The molecule has 1 aliphatic rings. The zero-order chi connectivity index (χ0) is 10.7. The van der Waals surface area contributed by atoms with E-state index < -0.39 is 0 Å². The van der Waals surface area contributed by atoms with Gasteiger partial charge in [-0.15, -0.1) is 0 Å². The van der Waals surface area contributed by atoms with E-state index in [-0.39, 0.29) is 5.88 Å². The van der Waals surface area contributed by atoms with Crippen molar-refractivity contribution >= 4 is 0 Å². The molecule has 0 aromatic carbocycles. The van der Waals surface area contributed by atoms with Crippen molar-refractivity contribution in [2.45, 2.75) is 44.6 Å². The topological polar surface area (TPSA) is 55.5 Å². The standard InChI is InChI=1S/C11H17NO3/c1-2-14-9-5-3-8(4-6-9)10-7-11(13)12-15-10/h7-9H,2-6H2,1H3,(H,12,13). The SMILES string of the molecule is CCOC1CCC(c2cc(O)no2)CC1. The third-order valence-corrected chi connectivity index (χ3v) is 2.99. The fourth-order valence-corrected chi connectivity index (χ4v) is 2.22. The van der Waals surface area contributed by atoms with Gasteiger partial charge in [0.2, 0.25) is 0 Å². The first-order valence-corrected chi connectivity index (χ1v) is 5.56. The Morgan fingerprint density at radius 2 is 2.20 bits per heavy atom. The molecule has 1 aromatic heterocycles. The minimum Gasteiger partial charge on any atom is -0.491 e. The molecule has 4 heteroatoms. The Bertz CT molecular complexity index is 303. The van der Waals surface area contributed by atoms with E-state index in [0.29, 0.717) is 12.0 Å². The Kier molecular flexibility index (Phi) is 3.26. The van der Waals surface area contributed by atoms with Gasteiger partial charge in [-0.2, -0.15) is 0 Å². The van der Waals surface area contributed by atoms with Crippen LogP contribution in [-0.2, 0) is 4.74 Å². The van der Waals surface area contributed by atoms with Crippen LogP contribution in [0.4, 0.5) is 0 Å². The first-order valence-electron chi connectivity index (χ1n) is 5.56. The largest absolute Gasteiger partial charge is 0.491 e. The first kappa shape index (κ1) is 10.5. The lowest BCUT2D eigenvalue weighted by molar-refractivity contribution is 0.0309. The van der Waals surface area contributed by atoms with E-state index in [4.69, 9.17) is 14.4 Å². The Labute approximate surface area is 89.2 Å². The average Bonchev–Trinajstić information content (AvgIpc) is 2.67. The number of hydrogen-bond acceptors (Lipinski definition) is 4. The molecule has 1 aliphatic carbocycles. The van der Waals surface area contributed by atoms with Crippen LogP contribution in [0, 0.1) is 0 Å². The summed E-state index contributed by atoms with van der Waals surface area (Å²) in [6.07, 6.45) is 4.65. The van der Waals surface area contributed by atoms with Crippen molar-refractivity contribution < 1.29 is 14.4 Å². The second-order valence-electron chi connectivity index (χ2n) is 4.02. The molecule has 0 atom stereocenters. The van der Waals surface area contributed by atoms with Gasteiger partial charge in [-0.25, -0.2) is 0 Å². The van der Waals surface area contributed by atoms with E-state index in [1.165, 1.54) is 0 Å². The summed E-state index contributed by atoms with van der Waals surface area (Å²) in [5, 5.41) is 12.6. The van der Waals surface area contributed by atoms with Crippen molar-refractivity contribution in [3.63, 3.8) is 0 Å². The molecule has 0 aliphatic heterocycles. The number of ether oxygens (including phenoxy) is 1. The number of aromatic hydroxyl groups is 1. The molecule has 0 unspecified atom stereocenters. The van der Waals surface area contributed by atoms with Crippen LogP contribution >= 0.6 is 0 Å². The van der Waals surface area contributed by atoms with Crippen LogP contribution in [0.3, 0.4) is 0 Å². The highest BCUT2D eigenvalue weighted by molar-refractivity contribution is 5.13. The predicted molar refractivity (Wildman–Crippen MR) is 54.8 cm³/mol. The monoisotopic (exact) mass is 211 g/mol. The van der Waals surface area contributed by atoms with Gasteiger partial charge in [0, 0.05) is 18.6 Å². The lowest BCUT2D eigenvalue weighted by Crippen LogP contribution is -2.20. The maximum Gasteiger partial charge on any atom is 0.251 e. The quantitative estimate of drug-likeness (QED) is 0.834. The predicted octanol–water partition coefficient (Wildman–Crippen LogP) is 2.44. The molecule has 84 valence electrons. The smallest absolute Gasteiger partial charge is 0.251 e. The fourth-order valence-electron chi connectivity index (χ4n) is 2.22. The molecule has 4 nitrogen and oxygen atoms in total. The maximum atomic E-state index is 9.09. The molecule has 0 bridgehead atoms. The number of nitrogens with zero attached hydrogens (tertiary/aromatic N) is 1. The number of aromatic nitrogens is 1. The van der Waals surface area contributed by atoms with Crippen LogP contribution in [0.25, 0.3) is 0 Å². The summed E-state index contributed by atoms with van der Waals surface area (Å²) in [4.78, 5) is 0. The van der Waals surface area contributed by atoms with E-state index in [9.17, 15) is 0 Å². The molecule has 0 saturated heterocycles. The van der Waals surface area contributed by atoms with Crippen LogP contribution in [0.15, 0.2) is 10.6 Å². The lowest BCUT2D eigenvalue weighted by atomic mass is 9.86. The molecule has 1 N–H and O–H groups in total. The van der Waals surface area contributed by atoms with E-state index in [1.54, 1.807) is 6.07 Å². The van der Waals surface area contributed by atoms with Crippen molar-refractivity contribution in [3.05, 3.63) is 11.8 Å². The minimum atomic E-state index is -0.0167. The Morgan fingerprint density at radius 1 is 1.47 bits per heavy atom. The van der Waals surface area contributed by atoms with Gasteiger partial charge in [-0.05, 0) is 37.8 Å². The van der Waals surface area contributed by atoms with Crippen molar-refractivity contribution in [3.8, 4) is 5.88 Å². The van der Waals surface area contributed by atoms with Crippen LogP contribution < -0.4 is 0 Å². The molecule has 1 aromatic rings. The molecule has 1 saturated carbocycles. The van der Waals surface area contributed by atoms with Gasteiger partial charge in [0.05, 0.1) is 6.10 Å². The highest BCUT2D eigenvalue weighted by Crippen LogP contribution is 2.34. The first-order chi connectivity index (χ1) is 7.29. The Hall–Kier alpha value is -1.03. The van der Waals surface area contributed by atoms with Crippen LogP contribution in [0.5, 0.6) is 5.88 Å². The molecule has 1 fully saturated rings. The van der Waals surface area contributed by atoms with Crippen molar-refractivity contribution in [1.29, 1.82) is 0 Å². The molecule has 0 amide bonds. The highest BCUT2D eigenvalue weighted by Gasteiger charge is 2.25. The van der Waals surface area contributed by atoms with Gasteiger partial charge < -0.3 is 14.4 Å². The Morgan fingerprint density at radius 3 is 2.73 bits per heavy atom. The van der Waals surface area contributed by atoms with Gasteiger partial charge in [0.15, 0.2) is 0 Å². The van der Waals surface area contributed by atoms with Crippen molar-refractivity contribution in [1.82, 2.24) is 5.16 Å². The number of hydrogen-bond donors (Lipinski definition) is 1. The molecule has 0 radical (unpaired) electrons. The summed E-state index contributed by atoms with van der Waals surface area (Å²) in [7, 11) is 0. The summed E-state index contributed by atoms with van der Waals surface area (Å²) in [5.74, 6) is 1.19. The van der Waals surface area contributed by atoms with E-state index >= 15 is 0 Å². The van der Waals surface area contributed by atoms with Gasteiger partial charge in [-0.3, -0.25) is 0 Å². The van der Waals surface area contributed by atoms with Crippen molar-refractivity contribution in [2.75, 3.05) is 6.61 Å². The fraction of sp³-hybridized carbons (Fsp3) is 0.727. The molecule has 0 spiro atoms. The maximum absolute atomic E-state index is 9.09. The average molecular weight is 211 g/mol. The lowest BCUT2D eigenvalue weighted by Gasteiger charge is -2.26. The molecule has 1 heterocycles. The van der Waals surface area contributed by atoms with Crippen LogP contribution in [0.1, 0.15) is 44.3 Å². The van der Waals surface area contributed by atoms with Crippen LogP contribution in [0.2, 0.25) is 0 Å².